The fourth-order valence-electron chi connectivity index (χ4n) is 2.70. The second-order valence-electron chi connectivity index (χ2n) is 5.20. The van der Waals surface area contributed by atoms with Gasteiger partial charge in [0.2, 0.25) is 11.1 Å². The van der Waals surface area contributed by atoms with E-state index in [1.54, 1.807) is 6.07 Å². The number of aromatic nitrogens is 3. The summed E-state index contributed by atoms with van der Waals surface area (Å²) in [6.07, 6.45) is 2.93. The van der Waals surface area contributed by atoms with Crippen LogP contribution in [0.25, 0.3) is 16.1 Å². The van der Waals surface area contributed by atoms with Gasteiger partial charge in [-0.05, 0) is 35.7 Å². The minimum absolute atomic E-state index is 0.462. The molecule has 0 unspecified atom stereocenters. The highest BCUT2D eigenvalue weighted by molar-refractivity contribution is 7.18. The van der Waals surface area contributed by atoms with Crippen molar-refractivity contribution in [2.75, 3.05) is 12.4 Å². The average Bonchev–Trinajstić information content (AvgIpc) is 3.21. The van der Waals surface area contributed by atoms with Gasteiger partial charge in [0, 0.05) is 18.2 Å². The maximum atomic E-state index is 13.4. The number of halogens is 1. The lowest BCUT2D eigenvalue weighted by atomic mass is 10.0. The molecule has 0 spiro atoms. The number of nitrogens with zero attached hydrogens (tertiary/aromatic N) is 3. The summed E-state index contributed by atoms with van der Waals surface area (Å²) in [4.78, 5) is 4.00. The lowest BCUT2D eigenvalue weighted by molar-refractivity contribution is 0.582. The first-order chi connectivity index (χ1) is 11.2. The van der Waals surface area contributed by atoms with Crippen molar-refractivity contribution in [1.29, 1.82) is 0 Å². The van der Waals surface area contributed by atoms with Gasteiger partial charge in [0.1, 0.15) is 5.01 Å². The fraction of sp³-hybridized carbons (Fsp3) is 0.118. The van der Waals surface area contributed by atoms with Gasteiger partial charge in [-0.15, -0.1) is 10.2 Å². The zero-order valence-corrected chi connectivity index (χ0v) is 13.2. The Bertz CT molecular complexity index is 916. The van der Waals surface area contributed by atoms with Crippen molar-refractivity contribution in [3.63, 3.8) is 0 Å². The van der Waals surface area contributed by atoms with Crippen molar-refractivity contribution < 1.29 is 4.39 Å². The molecule has 0 atom stereocenters. The number of anilines is 1. The van der Waals surface area contributed by atoms with Gasteiger partial charge in [0.25, 0.3) is 0 Å². The Labute approximate surface area is 136 Å². The highest BCUT2D eigenvalue weighted by Gasteiger charge is 2.18. The second kappa shape index (κ2) is 5.55. The van der Waals surface area contributed by atoms with E-state index in [0.717, 1.165) is 33.3 Å². The molecule has 0 fully saturated rings. The number of fused-ring (bicyclic) bond motifs is 1. The molecule has 4 nitrogen and oxygen atoms in total. The first kappa shape index (κ1) is 14.0. The van der Waals surface area contributed by atoms with E-state index >= 15 is 0 Å². The van der Waals surface area contributed by atoms with Crippen LogP contribution in [0.5, 0.6) is 0 Å². The minimum atomic E-state index is -0.462. The molecular formula is C17H13FN4S. The summed E-state index contributed by atoms with van der Waals surface area (Å²) in [6, 6.07) is 11.1. The van der Waals surface area contributed by atoms with Crippen LogP contribution in [0.3, 0.4) is 0 Å². The Hall–Kier alpha value is -2.60. The lowest BCUT2D eigenvalue weighted by Gasteiger charge is -2.07. The molecule has 0 amide bonds. The Morgan fingerprint density at radius 3 is 2.87 bits per heavy atom. The van der Waals surface area contributed by atoms with Gasteiger partial charge in [-0.2, -0.15) is 4.39 Å². The highest BCUT2D eigenvalue weighted by atomic mass is 32.1. The number of hydrogen-bond acceptors (Lipinski definition) is 5. The monoisotopic (exact) mass is 324 g/mol. The van der Waals surface area contributed by atoms with Gasteiger partial charge in [0.15, 0.2) is 0 Å². The zero-order chi connectivity index (χ0) is 15.8. The van der Waals surface area contributed by atoms with E-state index in [0.29, 0.717) is 5.69 Å². The molecule has 0 aliphatic heterocycles. The first-order valence-electron chi connectivity index (χ1n) is 7.22. The Kier molecular flexibility index (Phi) is 3.38. The zero-order valence-electron chi connectivity index (χ0n) is 12.4. The highest BCUT2D eigenvalue weighted by Crippen LogP contribution is 2.36. The summed E-state index contributed by atoms with van der Waals surface area (Å²) in [5, 5.41) is 12.9. The molecule has 3 aromatic rings. The van der Waals surface area contributed by atoms with E-state index in [9.17, 15) is 4.39 Å². The molecule has 2 aromatic heterocycles. The number of allylic oxidation sites excluding steroid dienone is 1. The smallest absolute Gasteiger partial charge is 0.213 e. The Morgan fingerprint density at radius 1 is 1.17 bits per heavy atom. The van der Waals surface area contributed by atoms with Crippen LogP contribution in [0, 0.1) is 5.95 Å². The van der Waals surface area contributed by atoms with Crippen LogP contribution < -0.4 is 5.32 Å². The summed E-state index contributed by atoms with van der Waals surface area (Å²) in [5.74, 6) is -0.462. The van der Waals surface area contributed by atoms with Crippen LogP contribution in [-0.2, 0) is 6.42 Å². The largest absolute Gasteiger partial charge is 0.363 e. The molecule has 23 heavy (non-hydrogen) atoms. The minimum Gasteiger partial charge on any atom is -0.363 e. The van der Waals surface area contributed by atoms with Gasteiger partial charge < -0.3 is 5.32 Å². The predicted octanol–water partition coefficient (Wildman–Crippen LogP) is 3.77. The molecule has 1 aromatic carbocycles. The standard InChI is InChI=1S/C17H13FN4S/c1-19-17-22-21-16(23-17)11-6-5-10-7-8-12(13(10)9-11)14-3-2-4-15(18)20-14/h2-6,8-9H,7H2,1H3,(H,19,22). The molecule has 6 heteroatoms. The molecule has 1 aliphatic rings. The second-order valence-corrected chi connectivity index (χ2v) is 6.18. The van der Waals surface area contributed by atoms with E-state index in [1.807, 2.05) is 13.1 Å². The Morgan fingerprint density at radius 2 is 2.09 bits per heavy atom. The van der Waals surface area contributed by atoms with Crippen LogP contribution in [-0.4, -0.2) is 22.2 Å². The number of rotatable bonds is 3. The molecule has 1 N–H and O–H groups in total. The van der Waals surface area contributed by atoms with Gasteiger partial charge in [-0.3, -0.25) is 0 Å². The molecule has 0 saturated carbocycles. The molecule has 4 rings (SSSR count). The van der Waals surface area contributed by atoms with Crippen molar-refractivity contribution >= 4 is 22.0 Å². The summed E-state index contributed by atoms with van der Waals surface area (Å²) < 4.78 is 13.4. The maximum absolute atomic E-state index is 13.4. The quantitative estimate of drug-likeness (QED) is 0.745. The third-order valence-corrected chi connectivity index (χ3v) is 4.79. The van der Waals surface area contributed by atoms with Crippen molar-refractivity contribution in [1.82, 2.24) is 15.2 Å². The number of hydrogen-bond donors (Lipinski definition) is 1. The SMILES string of the molecule is CNc1nnc(-c2ccc3c(c2)C(c2cccc(F)n2)=CC3)s1. The van der Waals surface area contributed by atoms with E-state index in [2.05, 4.69) is 44.8 Å². The van der Waals surface area contributed by atoms with Crippen LogP contribution in [0.15, 0.2) is 42.5 Å². The third kappa shape index (κ3) is 2.51. The molecular weight excluding hydrogens is 311 g/mol. The van der Waals surface area contributed by atoms with E-state index < -0.39 is 5.95 Å². The van der Waals surface area contributed by atoms with Crippen molar-refractivity contribution in [3.05, 3.63) is 65.2 Å². The van der Waals surface area contributed by atoms with E-state index in [-0.39, 0.29) is 0 Å². The van der Waals surface area contributed by atoms with Crippen molar-refractivity contribution in [2.45, 2.75) is 6.42 Å². The predicted molar refractivity (Wildman–Crippen MR) is 89.9 cm³/mol. The topological polar surface area (TPSA) is 50.7 Å². The van der Waals surface area contributed by atoms with Crippen LogP contribution in [0.1, 0.15) is 16.8 Å². The van der Waals surface area contributed by atoms with Crippen molar-refractivity contribution in [3.8, 4) is 10.6 Å². The van der Waals surface area contributed by atoms with Gasteiger partial charge in [0.05, 0.1) is 5.69 Å². The summed E-state index contributed by atoms with van der Waals surface area (Å²) >= 11 is 1.50. The molecule has 0 saturated heterocycles. The number of nitrogens with one attached hydrogen (secondary N) is 1. The molecule has 0 bridgehead atoms. The fourth-order valence-corrected chi connectivity index (χ4v) is 3.40. The molecule has 1 aliphatic carbocycles. The average molecular weight is 324 g/mol. The molecule has 114 valence electrons. The maximum Gasteiger partial charge on any atom is 0.213 e. The molecule has 2 heterocycles. The lowest BCUT2D eigenvalue weighted by Crippen LogP contribution is -1.93. The van der Waals surface area contributed by atoms with Crippen LogP contribution >= 0.6 is 11.3 Å². The summed E-state index contributed by atoms with van der Waals surface area (Å²) in [7, 11) is 1.82. The van der Waals surface area contributed by atoms with E-state index in [1.165, 1.54) is 23.0 Å². The third-order valence-electron chi connectivity index (χ3n) is 3.80. The van der Waals surface area contributed by atoms with Crippen LogP contribution in [0.4, 0.5) is 9.52 Å². The van der Waals surface area contributed by atoms with Gasteiger partial charge in [-0.1, -0.05) is 35.6 Å². The van der Waals surface area contributed by atoms with Gasteiger partial charge in [-0.25, -0.2) is 4.98 Å². The normalized spacial score (nSPS) is 12.9. The number of benzene rings is 1. The van der Waals surface area contributed by atoms with Gasteiger partial charge >= 0.3 is 0 Å². The van der Waals surface area contributed by atoms with E-state index in [4.69, 9.17) is 0 Å². The molecule has 0 radical (unpaired) electrons. The number of pyridine rings is 1. The van der Waals surface area contributed by atoms with Crippen molar-refractivity contribution in [2.24, 2.45) is 0 Å². The first-order valence-corrected chi connectivity index (χ1v) is 8.04. The summed E-state index contributed by atoms with van der Waals surface area (Å²) in [6.45, 7) is 0. The van der Waals surface area contributed by atoms with Crippen LogP contribution in [0.2, 0.25) is 0 Å². The Balaban J connectivity index is 1.76. The summed E-state index contributed by atoms with van der Waals surface area (Å²) in [5.41, 5.74) is 4.94.